The van der Waals surface area contributed by atoms with Crippen LogP contribution in [0.15, 0.2) is 0 Å². The van der Waals surface area contributed by atoms with Crippen LogP contribution in [0.3, 0.4) is 0 Å². The summed E-state index contributed by atoms with van der Waals surface area (Å²) in [5.74, 6) is -0.694. The lowest BCUT2D eigenvalue weighted by molar-refractivity contribution is -0.400. The third-order valence-electron chi connectivity index (χ3n) is 8.53. The number of hydrogen-bond donors (Lipinski definition) is 12. The van der Waals surface area contributed by atoms with E-state index in [1.54, 1.807) is 0 Å². The molecule has 4 heterocycles. The minimum absolute atomic E-state index is 0.694. The highest BCUT2D eigenvalue weighted by atomic mass is 16.8. The molecule has 20 heteroatoms. The van der Waals surface area contributed by atoms with Crippen LogP contribution < -0.4 is 5.32 Å². The molecule has 46 heavy (non-hydrogen) atoms. The molecular formula is C26H45NO19. The fourth-order valence-corrected chi connectivity index (χ4v) is 5.79. The zero-order valence-corrected chi connectivity index (χ0v) is 25.1. The Morgan fingerprint density at radius 2 is 1.09 bits per heavy atom. The predicted octanol–water partition coefficient (Wildman–Crippen LogP) is -7.55. The number of hydrogen-bond acceptors (Lipinski definition) is 19. The van der Waals surface area contributed by atoms with Gasteiger partial charge < -0.3 is 94.6 Å². The van der Waals surface area contributed by atoms with Crippen molar-refractivity contribution in [2.24, 2.45) is 0 Å². The SMILES string of the molecule is CC(=O)N[C@H]1[C@H](O[C@H]2[C@H](O[C@@H]3[C@H](O)[C@@H](O)C(C)O[C@H]3O)O[C@@H](C)[C@H](O)[C@H]2O[C@H]2O[C@H](CO)[C@@H](O)[C@H](O)[C@H]2O)O[C@H](CO)[C@@H](O)[C@@H]1O. The molecule has 0 aromatic heterocycles. The highest BCUT2D eigenvalue weighted by Gasteiger charge is 2.56. The second-order valence-corrected chi connectivity index (χ2v) is 11.8. The normalized spacial score (nSPS) is 51.9. The molecule has 1 amide bonds. The summed E-state index contributed by atoms with van der Waals surface area (Å²) in [4.78, 5) is 12.0. The van der Waals surface area contributed by atoms with Gasteiger partial charge in [-0.2, -0.15) is 0 Å². The van der Waals surface area contributed by atoms with Crippen molar-refractivity contribution in [3.63, 3.8) is 0 Å². The molecule has 0 bridgehead atoms. The molecule has 4 saturated heterocycles. The Bertz CT molecular complexity index is 995. The van der Waals surface area contributed by atoms with Crippen LogP contribution in [0.5, 0.6) is 0 Å². The molecule has 1 unspecified atom stereocenters. The van der Waals surface area contributed by atoms with E-state index in [2.05, 4.69) is 5.32 Å². The van der Waals surface area contributed by atoms with E-state index in [4.69, 9.17) is 33.2 Å². The highest BCUT2D eigenvalue weighted by molar-refractivity contribution is 5.73. The van der Waals surface area contributed by atoms with E-state index in [1.807, 2.05) is 0 Å². The van der Waals surface area contributed by atoms with E-state index in [9.17, 15) is 61.0 Å². The van der Waals surface area contributed by atoms with E-state index in [0.717, 1.165) is 6.92 Å². The van der Waals surface area contributed by atoms with Crippen molar-refractivity contribution in [3.8, 4) is 0 Å². The third kappa shape index (κ3) is 7.64. The van der Waals surface area contributed by atoms with Gasteiger partial charge in [0.05, 0.1) is 25.4 Å². The first-order valence-electron chi connectivity index (χ1n) is 14.8. The van der Waals surface area contributed by atoms with E-state index in [-0.39, 0.29) is 0 Å². The van der Waals surface area contributed by atoms with Crippen molar-refractivity contribution in [2.45, 2.75) is 144 Å². The van der Waals surface area contributed by atoms with Crippen LogP contribution in [0.1, 0.15) is 20.8 Å². The molecule has 12 N–H and O–H groups in total. The quantitative estimate of drug-likeness (QED) is 0.108. The van der Waals surface area contributed by atoms with Crippen LogP contribution in [-0.2, 0) is 38.0 Å². The topological polar surface area (TPSA) is 316 Å². The first-order valence-corrected chi connectivity index (χ1v) is 14.8. The summed E-state index contributed by atoms with van der Waals surface area (Å²) in [6.07, 6.45) is -31.4. The first kappa shape index (κ1) is 37.6. The molecule has 0 spiro atoms. The Morgan fingerprint density at radius 1 is 0.565 bits per heavy atom. The summed E-state index contributed by atoms with van der Waals surface area (Å²) < 4.78 is 39.8. The zero-order valence-electron chi connectivity index (χ0n) is 25.1. The van der Waals surface area contributed by atoms with Gasteiger partial charge in [-0.3, -0.25) is 4.79 Å². The molecule has 0 saturated carbocycles. The van der Waals surface area contributed by atoms with E-state index in [0.29, 0.717) is 0 Å². The van der Waals surface area contributed by atoms with Gasteiger partial charge in [-0.25, -0.2) is 0 Å². The number of carbonyl (C=O) groups excluding carboxylic acids is 1. The number of carbonyl (C=O) groups is 1. The van der Waals surface area contributed by atoms with Crippen molar-refractivity contribution < 1.29 is 94.1 Å². The predicted molar refractivity (Wildman–Crippen MR) is 143 cm³/mol. The maximum Gasteiger partial charge on any atom is 0.217 e. The Balaban J connectivity index is 1.71. The van der Waals surface area contributed by atoms with E-state index < -0.39 is 142 Å². The molecule has 0 aromatic carbocycles. The highest BCUT2D eigenvalue weighted by Crippen LogP contribution is 2.35. The molecule has 20 atom stereocenters. The average Bonchev–Trinajstić information content (AvgIpc) is 3.01. The number of aliphatic hydroxyl groups is 11. The monoisotopic (exact) mass is 675 g/mol. The summed E-state index contributed by atoms with van der Waals surface area (Å²) in [5, 5.41) is 117. The van der Waals surface area contributed by atoms with Crippen molar-refractivity contribution >= 4 is 5.91 Å². The van der Waals surface area contributed by atoms with Crippen LogP contribution in [0.2, 0.25) is 0 Å². The number of amides is 1. The molecule has 20 nitrogen and oxygen atoms in total. The largest absolute Gasteiger partial charge is 0.394 e. The van der Waals surface area contributed by atoms with Gasteiger partial charge in [0, 0.05) is 6.92 Å². The van der Waals surface area contributed by atoms with Crippen molar-refractivity contribution in [3.05, 3.63) is 0 Å². The maximum absolute atomic E-state index is 12.0. The summed E-state index contributed by atoms with van der Waals surface area (Å²) >= 11 is 0. The smallest absolute Gasteiger partial charge is 0.217 e. The minimum Gasteiger partial charge on any atom is -0.394 e. The van der Waals surface area contributed by atoms with Gasteiger partial charge in [0.2, 0.25) is 5.91 Å². The molecule has 0 aliphatic carbocycles. The molecule has 4 rings (SSSR count). The fraction of sp³-hybridized carbons (Fsp3) is 0.962. The van der Waals surface area contributed by atoms with Gasteiger partial charge in [-0.15, -0.1) is 0 Å². The Morgan fingerprint density at radius 3 is 1.67 bits per heavy atom. The van der Waals surface area contributed by atoms with Crippen molar-refractivity contribution in [1.29, 1.82) is 0 Å². The van der Waals surface area contributed by atoms with E-state index in [1.165, 1.54) is 13.8 Å². The van der Waals surface area contributed by atoms with Crippen LogP contribution in [0.4, 0.5) is 0 Å². The number of ether oxygens (including phenoxy) is 7. The van der Waals surface area contributed by atoms with Gasteiger partial charge in [0.1, 0.15) is 85.4 Å². The molecular weight excluding hydrogens is 630 g/mol. The van der Waals surface area contributed by atoms with Crippen LogP contribution >= 0.6 is 0 Å². The Hall–Kier alpha value is -1.25. The van der Waals surface area contributed by atoms with Gasteiger partial charge in [0.15, 0.2) is 25.2 Å². The minimum atomic E-state index is -1.94. The molecule has 268 valence electrons. The van der Waals surface area contributed by atoms with E-state index >= 15 is 0 Å². The summed E-state index contributed by atoms with van der Waals surface area (Å²) in [6, 6.07) is -1.52. The summed E-state index contributed by atoms with van der Waals surface area (Å²) in [7, 11) is 0. The second-order valence-electron chi connectivity index (χ2n) is 11.8. The summed E-state index contributed by atoms with van der Waals surface area (Å²) in [6.45, 7) is 2.22. The number of rotatable bonds is 9. The van der Waals surface area contributed by atoms with Crippen molar-refractivity contribution in [2.75, 3.05) is 13.2 Å². The van der Waals surface area contributed by atoms with Crippen LogP contribution in [0, 0.1) is 0 Å². The molecule has 4 fully saturated rings. The van der Waals surface area contributed by atoms with Gasteiger partial charge in [-0.05, 0) is 13.8 Å². The molecule has 0 radical (unpaired) electrons. The van der Waals surface area contributed by atoms with Crippen LogP contribution in [-0.4, -0.2) is 198 Å². The van der Waals surface area contributed by atoms with Gasteiger partial charge in [-0.1, -0.05) is 0 Å². The second kappa shape index (κ2) is 15.5. The molecule has 4 aliphatic rings. The first-order chi connectivity index (χ1) is 21.6. The van der Waals surface area contributed by atoms with Gasteiger partial charge in [0.25, 0.3) is 0 Å². The van der Waals surface area contributed by atoms with Gasteiger partial charge >= 0.3 is 0 Å². The molecule has 0 aromatic rings. The lowest BCUT2D eigenvalue weighted by Crippen LogP contribution is -2.69. The zero-order chi connectivity index (χ0) is 34.2. The Labute approximate surface area is 262 Å². The maximum atomic E-state index is 12.0. The fourth-order valence-electron chi connectivity index (χ4n) is 5.79. The number of nitrogens with one attached hydrogen (secondary N) is 1. The Kier molecular flexibility index (Phi) is 12.7. The average molecular weight is 676 g/mol. The summed E-state index contributed by atoms with van der Waals surface area (Å²) in [5.41, 5.74) is 0. The number of aliphatic hydroxyl groups excluding tert-OH is 11. The lowest BCUT2D eigenvalue weighted by Gasteiger charge is -2.50. The standard InChI is InChI=1S/C26H45NO19/c1-6-12(31)18(37)21(23(39)40-6)45-26-22(46-24-11(27-8(3)30)16(35)14(33)9(4-28)42-24)20(13(32)7(2)41-26)44-25-19(38)17(36)15(34)10(5-29)43-25/h6-7,9-26,28-29,31-39H,4-5H2,1-3H3,(H,27,30)/t6?,7-,9+,10+,11+,12-,13-,14+,15+,16+,17-,18+,19+,20+,21+,22+,23+,24-,25+,26-/m0/s1. The third-order valence-corrected chi connectivity index (χ3v) is 8.53. The van der Waals surface area contributed by atoms with Crippen molar-refractivity contribution in [1.82, 2.24) is 5.32 Å². The molecule has 4 aliphatic heterocycles. The lowest BCUT2D eigenvalue weighted by atomic mass is 9.95. The van der Waals surface area contributed by atoms with Crippen LogP contribution in [0.25, 0.3) is 0 Å².